The van der Waals surface area contributed by atoms with Crippen LogP contribution in [-0.2, 0) is 4.79 Å². The molecule has 72 valence electrons. The number of hydrogen-bond acceptors (Lipinski definition) is 1. The van der Waals surface area contributed by atoms with E-state index in [1.54, 1.807) is 0 Å². The molecule has 2 nitrogen and oxygen atoms in total. The van der Waals surface area contributed by atoms with E-state index in [4.69, 9.17) is 6.42 Å². The van der Waals surface area contributed by atoms with Gasteiger partial charge in [-0.25, -0.2) is 0 Å². The molecule has 0 N–H and O–H groups in total. The topological polar surface area (TPSA) is 20.3 Å². The summed E-state index contributed by atoms with van der Waals surface area (Å²) in [6.45, 7) is 5.16. The van der Waals surface area contributed by atoms with Gasteiger partial charge in [-0.1, -0.05) is 12.8 Å². The zero-order chi connectivity index (χ0) is 9.84. The van der Waals surface area contributed by atoms with Crippen molar-refractivity contribution in [3.63, 3.8) is 0 Å². The normalized spacial score (nSPS) is 28.2. The number of carbonyl (C=O) groups excluding carboxylic acids is 1. The standard InChI is InChI=1S/C11H17NO/c1-4-5-11(13)12-8-9(2)6-7-10(12)3/h1,9-10H,5-8H2,2-3H3. The summed E-state index contributed by atoms with van der Waals surface area (Å²) in [6, 6.07) is 0.372. The molecular weight excluding hydrogens is 162 g/mol. The lowest BCUT2D eigenvalue weighted by Crippen LogP contribution is -2.44. The average molecular weight is 179 g/mol. The van der Waals surface area contributed by atoms with Crippen LogP contribution in [0.15, 0.2) is 0 Å². The van der Waals surface area contributed by atoms with Crippen LogP contribution in [0.4, 0.5) is 0 Å². The van der Waals surface area contributed by atoms with Gasteiger partial charge in [-0.15, -0.1) is 6.42 Å². The molecule has 1 fully saturated rings. The highest BCUT2D eigenvalue weighted by Crippen LogP contribution is 2.21. The molecule has 0 aromatic heterocycles. The van der Waals surface area contributed by atoms with Crippen LogP contribution in [0, 0.1) is 18.3 Å². The molecule has 0 aromatic rings. The van der Waals surface area contributed by atoms with Crippen molar-refractivity contribution < 1.29 is 4.79 Å². The Balaban J connectivity index is 2.56. The minimum absolute atomic E-state index is 0.113. The number of nitrogens with zero attached hydrogens (tertiary/aromatic N) is 1. The van der Waals surface area contributed by atoms with Crippen molar-refractivity contribution in [3.8, 4) is 12.3 Å². The molecule has 1 aliphatic rings. The summed E-state index contributed by atoms with van der Waals surface area (Å²) in [6.07, 6.45) is 7.70. The van der Waals surface area contributed by atoms with Crippen LogP contribution in [0.2, 0.25) is 0 Å². The Kier molecular flexibility index (Phi) is 3.36. The zero-order valence-corrected chi connectivity index (χ0v) is 8.42. The second-order valence-corrected chi connectivity index (χ2v) is 3.96. The minimum atomic E-state index is 0.113. The number of terminal acetylenes is 1. The van der Waals surface area contributed by atoms with Crippen LogP contribution >= 0.6 is 0 Å². The average Bonchev–Trinajstić information content (AvgIpc) is 2.09. The highest BCUT2D eigenvalue weighted by atomic mass is 16.2. The van der Waals surface area contributed by atoms with Crippen molar-refractivity contribution in [2.45, 2.75) is 39.2 Å². The maximum atomic E-state index is 11.5. The van der Waals surface area contributed by atoms with Gasteiger partial charge in [-0.05, 0) is 25.7 Å². The highest BCUT2D eigenvalue weighted by Gasteiger charge is 2.25. The lowest BCUT2D eigenvalue weighted by Gasteiger charge is -2.36. The fourth-order valence-corrected chi connectivity index (χ4v) is 1.83. The largest absolute Gasteiger partial charge is 0.339 e. The van der Waals surface area contributed by atoms with E-state index in [1.807, 2.05) is 4.90 Å². The molecule has 0 saturated carbocycles. The van der Waals surface area contributed by atoms with E-state index in [9.17, 15) is 4.79 Å². The number of rotatable bonds is 1. The number of amides is 1. The number of carbonyl (C=O) groups is 1. The number of likely N-dealkylation sites (tertiary alicyclic amines) is 1. The molecule has 2 unspecified atom stereocenters. The maximum absolute atomic E-state index is 11.5. The van der Waals surface area contributed by atoms with Gasteiger partial charge in [-0.3, -0.25) is 4.79 Å². The molecule has 1 heterocycles. The first-order valence-corrected chi connectivity index (χ1v) is 4.88. The summed E-state index contributed by atoms with van der Waals surface area (Å²) >= 11 is 0. The Morgan fingerprint density at radius 2 is 2.23 bits per heavy atom. The molecular formula is C11H17NO. The summed E-state index contributed by atoms with van der Waals surface area (Å²) in [5.74, 6) is 3.14. The van der Waals surface area contributed by atoms with Gasteiger partial charge in [-0.2, -0.15) is 0 Å². The predicted octanol–water partition coefficient (Wildman–Crippen LogP) is 1.66. The molecule has 0 bridgehead atoms. The van der Waals surface area contributed by atoms with E-state index in [0.717, 1.165) is 13.0 Å². The lowest BCUT2D eigenvalue weighted by molar-refractivity contribution is -0.134. The van der Waals surface area contributed by atoms with E-state index in [2.05, 4.69) is 19.8 Å². The third kappa shape index (κ3) is 2.48. The second-order valence-electron chi connectivity index (χ2n) is 3.96. The molecule has 2 heteroatoms. The fourth-order valence-electron chi connectivity index (χ4n) is 1.83. The lowest BCUT2D eigenvalue weighted by atomic mass is 9.95. The smallest absolute Gasteiger partial charge is 0.234 e. The van der Waals surface area contributed by atoms with Gasteiger partial charge in [0.2, 0.25) is 5.91 Å². The first kappa shape index (κ1) is 10.1. The Labute approximate surface area is 80.3 Å². The van der Waals surface area contributed by atoms with Crippen molar-refractivity contribution in [2.75, 3.05) is 6.54 Å². The van der Waals surface area contributed by atoms with Crippen molar-refractivity contribution in [2.24, 2.45) is 5.92 Å². The second kappa shape index (κ2) is 4.32. The van der Waals surface area contributed by atoms with Crippen molar-refractivity contribution in [1.29, 1.82) is 0 Å². The van der Waals surface area contributed by atoms with Crippen molar-refractivity contribution >= 4 is 5.91 Å². The quantitative estimate of drug-likeness (QED) is 0.560. The molecule has 2 atom stereocenters. The molecule has 0 radical (unpaired) electrons. The fraction of sp³-hybridized carbons (Fsp3) is 0.727. The Hall–Kier alpha value is -0.970. The Morgan fingerprint density at radius 1 is 1.54 bits per heavy atom. The van der Waals surface area contributed by atoms with E-state index in [-0.39, 0.29) is 12.3 Å². The van der Waals surface area contributed by atoms with E-state index < -0.39 is 0 Å². The van der Waals surface area contributed by atoms with Crippen LogP contribution in [0.1, 0.15) is 33.1 Å². The summed E-state index contributed by atoms with van der Waals surface area (Å²) in [4.78, 5) is 13.5. The van der Waals surface area contributed by atoms with Gasteiger partial charge in [0.15, 0.2) is 0 Å². The van der Waals surface area contributed by atoms with Gasteiger partial charge >= 0.3 is 0 Å². The molecule has 1 saturated heterocycles. The summed E-state index contributed by atoms with van der Waals surface area (Å²) in [7, 11) is 0. The molecule has 1 amide bonds. The first-order chi connectivity index (χ1) is 6.15. The van der Waals surface area contributed by atoms with Gasteiger partial charge in [0.1, 0.15) is 0 Å². The Bertz CT molecular complexity index is 229. The van der Waals surface area contributed by atoms with Crippen LogP contribution in [0.5, 0.6) is 0 Å². The number of piperidine rings is 1. The zero-order valence-electron chi connectivity index (χ0n) is 8.42. The molecule has 0 spiro atoms. The summed E-state index contributed by atoms with van der Waals surface area (Å²) in [5, 5.41) is 0. The first-order valence-electron chi connectivity index (χ1n) is 4.88. The molecule has 1 rings (SSSR count). The third-order valence-electron chi connectivity index (χ3n) is 2.69. The van der Waals surface area contributed by atoms with E-state index in [0.29, 0.717) is 12.0 Å². The van der Waals surface area contributed by atoms with Gasteiger partial charge in [0.25, 0.3) is 0 Å². The monoisotopic (exact) mass is 179 g/mol. The highest BCUT2D eigenvalue weighted by molar-refractivity contribution is 5.78. The molecule has 0 aliphatic carbocycles. The maximum Gasteiger partial charge on any atom is 0.234 e. The van der Waals surface area contributed by atoms with Crippen LogP contribution < -0.4 is 0 Å². The Morgan fingerprint density at radius 3 is 2.85 bits per heavy atom. The van der Waals surface area contributed by atoms with Crippen LogP contribution in [-0.4, -0.2) is 23.4 Å². The molecule has 1 aliphatic heterocycles. The molecule has 0 aromatic carbocycles. The van der Waals surface area contributed by atoms with Crippen molar-refractivity contribution in [1.82, 2.24) is 4.90 Å². The van der Waals surface area contributed by atoms with Gasteiger partial charge in [0.05, 0.1) is 6.42 Å². The summed E-state index contributed by atoms with van der Waals surface area (Å²) < 4.78 is 0. The minimum Gasteiger partial charge on any atom is -0.339 e. The van der Waals surface area contributed by atoms with Crippen molar-refractivity contribution in [3.05, 3.63) is 0 Å². The SMILES string of the molecule is C#CCC(=O)N1CC(C)CCC1C. The number of hydrogen-bond donors (Lipinski definition) is 0. The van der Waals surface area contributed by atoms with Gasteiger partial charge in [0, 0.05) is 12.6 Å². The van der Waals surface area contributed by atoms with Crippen LogP contribution in [0.3, 0.4) is 0 Å². The van der Waals surface area contributed by atoms with E-state index >= 15 is 0 Å². The van der Waals surface area contributed by atoms with Gasteiger partial charge < -0.3 is 4.90 Å². The summed E-state index contributed by atoms with van der Waals surface area (Å²) in [5.41, 5.74) is 0. The molecule has 13 heavy (non-hydrogen) atoms. The van der Waals surface area contributed by atoms with E-state index in [1.165, 1.54) is 6.42 Å². The predicted molar refractivity (Wildman–Crippen MR) is 53.0 cm³/mol. The van der Waals surface area contributed by atoms with Crippen LogP contribution in [0.25, 0.3) is 0 Å². The third-order valence-corrected chi connectivity index (χ3v) is 2.69.